The van der Waals surface area contributed by atoms with Crippen molar-refractivity contribution in [3.8, 4) is 0 Å². The van der Waals surface area contributed by atoms with Crippen molar-refractivity contribution in [1.29, 1.82) is 0 Å². The standard InChI is InChI=1S/C18H30.C15H34N.BrH.Na.H/c1-2-3-4-5-6-7-8-9-10-12-15-18-16-13-11-14-17-18;1-5-6-7-8-9-10-11-12-13-14-15-16(2,3)4;;;/h11,13-14,16-17H,2-10,12,15H2,1H3;5-15H2,1-4H3;1H;;/q;+1;;+1;-1/p-1. The van der Waals surface area contributed by atoms with Crippen molar-refractivity contribution in [2.45, 2.75) is 149 Å². The summed E-state index contributed by atoms with van der Waals surface area (Å²) in [4.78, 5) is 0. The Kier molecular flexibility index (Phi) is 36.4. The van der Waals surface area contributed by atoms with Gasteiger partial charge in [-0.05, 0) is 31.2 Å². The molecule has 0 amide bonds. The number of nitrogens with zero attached hydrogens (tertiary/aromatic N) is 1. The second-order valence-electron chi connectivity index (χ2n) is 11.6. The molecule has 1 nitrogen and oxygen atoms in total. The van der Waals surface area contributed by atoms with Crippen LogP contribution < -0.4 is 46.5 Å². The predicted octanol–water partition coefficient (Wildman–Crippen LogP) is 4.88. The van der Waals surface area contributed by atoms with Gasteiger partial charge in [0.25, 0.3) is 0 Å². The molecule has 0 aliphatic heterocycles. The molecule has 210 valence electrons. The molecule has 0 atom stereocenters. The molecule has 1 aromatic carbocycles. The van der Waals surface area contributed by atoms with Crippen molar-refractivity contribution >= 4 is 0 Å². The zero-order valence-electron chi connectivity index (χ0n) is 26.8. The first kappa shape index (κ1) is 41.1. The molecule has 0 bridgehead atoms. The summed E-state index contributed by atoms with van der Waals surface area (Å²) in [7, 11) is 6.86. The van der Waals surface area contributed by atoms with E-state index in [9.17, 15) is 0 Å². The molecule has 3 heteroatoms. The van der Waals surface area contributed by atoms with Gasteiger partial charge in [-0.25, -0.2) is 0 Å². The van der Waals surface area contributed by atoms with Gasteiger partial charge in [-0.15, -0.1) is 0 Å². The van der Waals surface area contributed by atoms with E-state index < -0.39 is 0 Å². The fraction of sp³-hybridized carbons (Fsp3) is 0.818. The Balaban J connectivity index is -0.000000274. The van der Waals surface area contributed by atoms with Gasteiger partial charge in [0, 0.05) is 0 Å². The number of benzene rings is 1. The molecule has 0 spiro atoms. The maximum atomic E-state index is 2.29. The summed E-state index contributed by atoms with van der Waals surface area (Å²) in [5.74, 6) is 0. The molecule has 0 radical (unpaired) electrons. The van der Waals surface area contributed by atoms with Gasteiger partial charge in [0.05, 0.1) is 27.7 Å². The smallest absolute Gasteiger partial charge is 1.00 e. The second kappa shape index (κ2) is 31.9. The van der Waals surface area contributed by atoms with Crippen LogP contribution in [0.1, 0.15) is 149 Å². The van der Waals surface area contributed by atoms with E-state index >= 15 is 0 Å². The van der Waals surface area contributed by atoms with E-state index in [0.29, 0.717) is 0 Å². The maximum absolute atomic E-state index is 2.29. The molecule has 0 saturated heterocycles. The molecule has 1 aromatic rings. The van der Waals surface area contributed by atoms with Gasteiger partial charge in [-0.3, -0.25) is 0 Å². The van der Waals surface area contributed by atoms with Crippen LogP contribution in [0.25, 0.3) is 0 Å². The monoisotopic (exact) mass is 577 g/mol. The second-order valence-corrected chi connectivity index (χ2v) is 11.6. The van der Waals surface area contributed by atoms with Crippen LogP contribution in [0.3, 0.4) is 0 Å². The Morgan fingerprint density at radius 1 is 0.500 bits per heavy atom. The van der Waals surface area contributed by atoms with Crippen LogP contribution in [-0.2, 0) is 6.42 Å². The first-order chi connectivity index (χ1) is 16.5. The number of hydrogen-bond donors (Lipinski definition) is 0. The van der Waals surface area contributed by atoms with Gasteiger partial charge in [0.15, 0.2) is 0 Å². The van der Waals surface area contributed by atoms with E-state index in [1.54, 1.807) is 0 Å². The van der Waals surface area contributed by atoms with Gasteiger partial charge < -0.3 is 22.9 Å². The molecular formula is C33H65BrNNa. The average molecular weight is 579 g/mol. The van der Waals surface area contributed by atoms with Crippen LogP contribution >= 0.6 is 0 Å². The summed E-state index contributed by atoms with van der Waals surface area (Å²) >= 11 is 0. The Bertz CT molecular complexity index is 507. The summed E-state index contributed by atoms with van der Waals surface area (Å²) in [6, 6.07) is 10.9. The third kappa shape index (κ3) is 34.7. The SMILES string of the molecule is CCCCCCCCCCCC[N+](C)(C)C.CCCCCCCCCCCCc1ccccc1.[Br-].[H-].[Na+]. The summed E-state index contributed by atoms with van der Waals surface area (Å²) in [6.45, 7) is 5.90. The van der Waals surface area contributed by atoms with E-state index in [4.69, 9.17) is 0 Å². The number of quaternary nitrogens is 1. The molecule has 0 saturated carbocycles. The van der Waals surface area contributed by atoms with E-state index in [2.05, 4.69) is 65.3 Å². The van der Waals surface area contributed by atoms with Gasteiger partial charge >= 0.3 is 29.6 Å². The third-order valence-corrected chi connectivity index (χ3v) is 6.84. The molecular weight excluding hydrogens is 513 g/mol. The minimum absolute atomic E-state index is 0. The van der Waals surface area contributed by atoms with Gasteiger partial charge in [-0.1, -0.05) is 153 Å². The molecule has 36 heavy (non-hydrogen) atoms. The largest absolute Gasteiger partial charge is 1.00 e. The van der Waals surface area contributed by atoms with Gasteiger partial charge in [-0.2, -0.15) is 0 Å². The molecule has 0 aliphatic rings. The van der Waals surface area contributed by atoms with Crippen molar-refractivity contribution < 1.29 is 52.4 Å². The van der Waals surface area contributed by atoms with Crippen molar-refractivity contribution in [3.63, 3.8) is 0 Å². The van der Waals surface area contributed by atoms with Gasteiger partial charge in [0.2, 0.25) is 0 Å². The third-order valence-electron chi connectivity index (χ3n) is 6.84. The predicted molar refractivity (Wildman–Crippen MR) is 158 cm³/mol. The van der Waals surface area contributed by atoms with Crippen molar-refractivity contribution in [1.82, 2.24) is 0 Å². The number of halogens is 1. The van der Waals surface area contributed by atoms with Crippen molar-refractivity contribution in [2.24, 2.45) is 0 Å². The molecule has 1 rings (SSSR count). The van der Waals surface area contributed by atoms with E-state index in [0.717, 1.165) is 4.48 Å². The summed E-state index contributed by atoms with van der Waals surface area (Å²) in [6.07, 6.45) is 29.9. The number of hydrogen-bond acceptors (Lipinski definition) is 0. The fourth-order valence-electron chi connectivity index (χ4n) is 4.53. The average Bonchev–Trinajstić information content (AvgIpc) is 2.82. The number of rotatable bonds is 22. The fourth-order valence-corrected chi connectivity index (χ4v) is 4.53. The minimum atomic E-state index is 0. The topological polar surface area (TPSA) is 0 Å². The molecule has 0 fully saturated rings. The molecule has 0 heterocycles. The normalized spacial score (nSPS) is 10.7. The van der Waals surface area contributed by atoms with Crippen molar-refractivity contribution in [3.05, 3.63) is 35.9 Å². The van der Waals surface area contributed by atoms with Crippen LogP contribution in [0.2, 0.25) is 0 Å². The number of unbranched alkanes of at least 4 members (excludes halogenated alkanes) is 18. The minimum Gasteiger partial charge on any atom is -1.00 e. The number of aryl methyl sites for hydroxylation is 1. The first-order valence-electron chi connectivity index (χ1n) is 15.3. The Hall–Kier alpha value is 0.660. The molecule has 0 aliphatic carbocycles. The van der Waals surface area contributed by atoms with E-state index in [1.165, 1.54) is 147 Å². The van der Waals surface area contributed by atoms with E-state index in [1.807, 2.05) is 0 Å². The Labute approximate surface area is 263 Å². The van der Waals surface area contributed by atoms with Crippen molar-refractivity contribution in [2.75, 3.05) is 27.7 Å². The van der Waals surface area contributed by atoms with Crippen LogP contribution in [0.5, 0.6) is 0 Å². The van der Waals surface area contributed by atoms with E-state index in [-0.39, 0.29) is 48.0 Å². The summed E-state index contributed by atoms with van der Waals surface area (Å²) in [5.41, 5.74) is 1.50. The Morgan fingerprint density at radius 3 is 1.19 bits per heavy atom. The first-order valence-corrected chi connectivity index (χ1v) is 15.3. The van der Waals surface area contributed by atoms with Crippen LogP contribution in [0.15, 0.2) is 30.3 Å². The quantitative estimate of drug-likeness (QED) is 0.105. The summed E-state index contributed by atoms with van der Waals surface area (Å²) in [5, 5.41) is 0. The molecule has 0 N–H and O–H groups in total. The maximum Gasteiger partial charge on any atom is 1.00 e. The molecule has 0 unspecified atom stereocenters. The van der Waals surface area contributed by atoms with Crippen LogP contribution in [0, 0.1) is 0 Å². The Morgan fingerprint density at radius 2 is 0.833 bits per heavy atom. The van der Waals surface area contributed by atoms with Crippen LogP contribution in [0.4, 0.5) is 0 Å². The summed E-state index contributed by atoms with van der Waals surface area (Å²) < 4.78 is 1.12. The zero-order valence-corrected chi connectivity index (χ0v) is 29.4. The molecule has 0 aromatic heterocycles. The zero-order chi connectivity index (χ0) is 25.2. The van der Waals surface area contributed by atoms with Crippen LogP contribution in [-0.4, -0.2) is 32.2 Å². The van der Waals surface area contributed by atoms with Gasteiger partial charge in [0.1, 0.15) is 0 Å².